The number of cyclic esters (lactones) is 1. The van der Waals surface area contributed by atoms with Crippen molar-refractivity contribution < 1.29 is 14.3 Å². The standard InChI is InChI=1S/C24H20ClNO3/c1-14-3-10-21(15(2)11-14)26-23(27)17-6-9-20-18(12-17)13-22(29-24(20)28)16-4-7-19(25)8-5-16/h3-12,22H,13H2,1-2H3,(H,26,27)/t22-/m1/s1. The minimum Gasteiger partial charge on any atom is -0.454 e. The highest BCUT2D eigenvalue weighted by atomic mass is 35.5. The van der Waals surface area contributed by atoms with Gasteiger partial charge in [0, 0.05) is 22.7 Å². The van der Waals surface area contributed by atoms with E-state index in [0.29, 0.717) is 22.6 Å². The van der Waals surface area contributed by atoms with Crippen LogP contribution in [0.15, 0.2) is 60.7 Å². The van der Waals surface area contributed by atoms with Crippen LogP contribution in [0.25, 0.3) is 0 Å². The van der Waals surface area contributed by atoms with Crippen molar-refractivity contribution >= 4 is 29.2 Å². The van der Waals surface area contributed by atoms with E-state index in [9.17, 15) is 9.59 Å². The van der Waals surface area contributed by atoms with Crippen LogP contribution in [0.3, 0.4) is 0 Å². The fraction of sp³-hybridized carbons (Fsp3) is 0.167. The van der Waals surface area contributed by atoms with Gasteiger partial charge in [-0.05, 0) is 66.9 Å². The molecule has 3 aromatic carbocycles. The van der Waals surface area contributed by atoms with Crippen LogP contribution < -0.4 is 5.32 Å². The average molecular weight is 406 g/mol. The fourth-order valence-corrected chi connectivity index (χ4v) is 3.67. The first-order chi connectivity index (χ1) is 13.9. The van der Waals surface area contributed by atoms with Crippen molar-refractivity contribution in [3.05, 3.63) is 99.1 Å². The van der Waals surface area contributed by atoms with Gasteiger partial charge in [-0.2, -0.15) is 0 Å². The van der Waals surface area contributed by atoms with Crippen LogP contribution in [0.2, 0.25) is 5.02 Å². The van der Waals surface area contributed by atoms with E-state index in [4.69, 9.17) is 16.3 Å². The predicted octanol–water partition coefficient (Wildman–Crippen LogP) is 5.66. The van der Waals surface area contributed by atoms with Gasteiger partial charge in [-0.3, -0.25) is 4.79 Å². The first kappa shape index (κ1) is 19.2. The lowest BCUT2D eigenvalue weighted by Gasteiger charge is -2.25. The lowest BCUT2D eigenvalue weighted by Crippen LogP contribution is -2.23. The number of carbonyl (C=O) groups excluding carboxylic acids is 2. The molecule has 1 aliphatic rings. The minimum atomic E-state index is -0.398. The molecule has 146 valence electrons. The average Bonchev–Trinajstić information content (AvgIpc) is 2.70. The molecule has 0 aliphatic carbocycles. The van der Waals surface area contributed by atoms with Gasteiger partial charge >= 0.3 is 5.97 Å². The Balaban J connectivity index is 1.59. The number of ether oxygens (including phenoxy) is 1. The number of esters is 1. The Labute approximate surface area is 174 Å². The van der Waals surface area contributed by atoms with Crippen LogP contribution in [0.1, 0.15) is 49.1 Å². The van der Waals surface area contributed by atoms with Crippen molar-refractivity contribution in [3.8, 4) is 0 Å². The van der Waals surface area contributed by atoms with Crippen LogP contribution in [0, 0.1) is 13.8 Å². The summed E-state index contributed by atoms with van der Waals surface area (Å²) in [6.45, 7) is 3.97. The molecule has 0 saturated heterocycles. The summed E-state index contributed by atoms with van der Waals surface area (Å²) in [6.07, 6.45) is 0.109. The van der Waals surface area contributed by atoms with E-state index < -0.39 is 6.10 Å². The summed E-state index contributed by atoms with van der Waals surface area (Å²) in [4.78, 5) is 25.2. The second kappa shape index (κ2) is 7.72. The third-order valence-electron chi connectivity index (χ3n) is 5.11. The van der Waals surface area contributed by atoms with E-state index in [1.54, 1.807) is 30.3 Å². The molecule has 0 unspecified atom stereocenters. The van der Waals surface area contributed by atoms with Crippen molar-refractivity contribution in [2.45, 2.75) is 26.4 Å². The summed E-state index contributed by atoms with van der Waals surface area (Å²) in [5.41, 5.74) is 5.60. The molecule has 4 nitrogen and oxygen atoms in total. The molecule has 1 amide bonds. The van der Waals surface area contributed by atoms with Gasteiger partial charge in [0.1, 0.15) is 6.10 Å². The van der Waals surface area contributed by atoms with Crippen molar-refractivity contribution in [1.29, 1.82) is 0 Å². The number of carbonyl (C=O) groups is 2. The van der Waals surface area contributed by atoms with Crippen LogP contribution in [-0.2, 0) is 11.2 Å². The number of hydrogen-bond donors (Lipinski definition) is 1. The highest BCUT2D eigenvalue weighted by molar-refractivity contribution is 6.30. The first-order valence-electron chi connectivity index (χ1n) is 9.38. The maximum absolute atomic E-state index is 12.8. The predicted molar refractivity (Wildman–Crippen MR) is 114 cm³/mol. The number of hydrogen-bond acceptors (Lipinski definition) is 3. The summed E-state index contributed by atoms with van der Waals surface area (Å²) < 4.78 is 5.58. The van der Waals surface area contributed by atoms with E-state index >= 15 is 0 Å². The first-order valence-corrected chi connectivity index (χ1v) is 9.76. The summed E-state index contributed by atoms with van der Waals surface area (Å²) in [5, 5.41) is 3.58. The quantitative estimate of drug-likeness (QED) is 0.572. The zero-order valence-electron chi connectivity index (χ0n) is 16.2. The Bertz CT molecular complexity index is 1110. The van der Waals surface area contributed by atoms with Crippen molar-refractivity contribution in [3.63, 3.8) is 0 Å². The number of fused-ring (bicyclic) bond motifs is 1. The van der Waals surface area contributed by atoms with E-state index in [-0.39, 0.29) is 11.9 Å². The van der Waals surface area contributed by atoms with Crippen LogP contribution >= 0.6 is 11.6 Å². The molecule has 1 atom stereocenters. The monoisotopic (exact) mass is 405 g/mol. The molecule has 29 heavy (non-hydrogen) atoms. The number of benzene rings is 3. The molecule has 5 heteroatoms. The minimum absolute atomic E-state index is 0.207. The summed E-state index contributed by atoms with van der Waals surface area (Å²) >= 11 is 5.95. The van der Waals surface area contributed by atoms with E-state index in [0.717, 1.165) is 27.9 Å². The Morgan fingerprint density at radius 3 is 2.52 bits per heavy atom. The number of aryl methyl sites for hydroxylation is 2. The highest BCUT2D eigenvalue weighted by Crippen LogP contribution is 2.32. The van der Waals surface area contributed by atoms with Gasteiger partial charge in [0.15, 0.2) is 0 Å². The molecule has 0 saturated carbocycles. The number of halogens is 1. The summed E-state index contributed by atoms with van der Waals surface area (Å²) in [6, 6.07) is 18.2. The number of anilines is 1. The lowest BCUT2D eigenvalue weighted by molar-refractivity contribution is 0.0252. The fourth-order valence-electron chi connectivity index (χ4n) is 3.55. The Kier molecular flexibility index (Phi) is 5.12. The number of amides is 1. The number of rotatable bonds is 3. The molecular weight excluding hydrogens is 386 g/mol. The second-order valence-corrected chi connectivity index (χ2v) is 7.73. The van der Waals surface area contributed by atoms with Crippen LogP contribution in [0.4, 0.5) is 5.69 Å². The Morgan fingerprint density at radius 2 is 1.79 bits per heavy atom. The van der Waals surface area contributed by atoms with Crippen molar-refractivity contribution in [1.82, 2.24) is 0 Å². The van der Waals surface area contributed by atoms with E-state index in [2.05, 4.69) is 5.32 Å². The Hall–Kier alpha value is -3.11. The summed E-state index contributed by atoms with van der Waals surface area (Å²) in [5.74, 6) is -0.589. The van der Waals surface area contributed by atoms with Crippen molar-refractivity contribution in [2.75, 3.05) is 5.32 Å². The summed E-state index contributed by atoms with van der Waals surface area (Å²) in [7, 11) is 0. The van der Waals surface area contributed by atoms with Crippen molar-refractivity contribution in [2.24, 2.45) is 0 Å². The zero-order chi connectivity index (χ0) is 20.5. The molecule has 1 heterocycles. The molecule has 0 fully saturated rings. The third kappa shape index (κ3) is 4.03. The van der Waals surface area contributed by atoms with E-state index in [1.165, 1.54) is 0 Å². The van der Waals surface area contributed by atoms with Gasteiger partial charge in [-0.15, -0.1) is 0 Å². The molecule has 0 radical (unpaired) electrons. The van der Waals surface area contributed by atoms with Gasteiger partial charge in [0.2, 0.25) is 0 Å². The van der Waals surface area contributed by atoms with Crippen LogP contribution in [-0.4, -0.2) is 11.9 Å². The molecular formula is C24H20ClNO3. The molecule has 0 aromatic heterocycles. The van der Waals surface area contributed by atoms with Gasteiger partial charge in [0.25, 0.3) is 5.91 Å². The number of nitrogens with one attached hydrogen (secondary N) is 1. The van der Waals surface area contributed by atoms with Gasteiger partial charge in [-0.25, -0.2) is 4.79 Å². The Morgan fingerprint density at radius 1 is 1.03 bits per heavy atom. The smallest absolute Gasteiger partial charge is 0.339 e. The SMILES string of the molecule is Cc1ccc(NC(=O)c2ccc3c(c2)C[C@H](c2ccc(Cl)cc2)OC3=O)c(C)c1. The topological polar surface area (TPSA) is 55.4 Å². The third-order valence-corrected chi connectivity index (χ3v) is 5.37. The lowest BCUT2D eigenvalue weighted by atomic mass is 9.93. The normalized spacial score (nSPS) is 15.4. The highest BCUT2D eigenvalue weighted by Gasteiger charge is 2.28. The van der Waals surface area contributed by atoms with Gasteiger partial charge in [-0.1, -0.05) is 41.4 Å². The largest absolute Gasteiger partial charge is 0.454 e. The zero-order valence-corrected chi connectivity index (χ0v) is 16.9. The molecule has 1 N–H and O–H groups in total. The maximum Gasteiger partial charge on any atom is 0.339 e. The maximum atomic E-state index is 12.8. The molecule has 3 aromatic rings. The molecule has 1 aliphatic heterocycles. The molecule has 4 rings (SSSR count). The van der Waals surface area contributed by atoms with E-state index in [1.807, 2.05) is 44.2 Å². The molecule has 0 spiro atoms. The molecule has 0 bridgehead atoms. The van der Waals surface area contributed by atoms with Gasteiger partial charge in [0.05, 0.1) is 5.56 Å². The second-order valence-electron chi connectivity index (χ2n) is 7.29. The van der Waals surface area contributed by atoms with Crippen LogP contribution in [0.5, 0.6) is 0 Å². The van der Waals surface area contributed by atoms with Gasteiger partial charge < -0.3 is 10.1 Å².